The molecule has 0 aliphatic carbocycles. The van der Waals surface area contributed by atoms with E-state index in [2.05, 4.69) is 33.0 Å². The minimum atomic E-state index is 0.627. The van der Waals surface area contributed by atoms with Crippen LogP contribution in [0.1, 0.15) is 16.7 Å². The van der Waals surface area contributed by atoms with E-state index >= 15 is 0 Å². The summed E-state index contributed by atoms with van der Waals surface area (Å²) in [5.41, 5.74) is 2.49. The smallest absolute Gasteiger partial charge is 0.146 e. The van der Waals surface area contributed by atoms with Gasteiger partial charge in [0.25, 0.3) is 0 Å². The van der Waals surface area contributed by atoms with Crippen LogP contribution in [0.5, 0.6) is 0 Å². The molecule has 0 amide bonds. The van der Waals surface area contributed by atoms with E-state index in [-0.39, 0.29) is 0 Å². The Labute approximate surface area is 136 Å². The Morgan fingerprint density at radius 1 is 1.00 bits per heavy atom. The van der Waals surface area contributed by atoms with E-state index in [0.717, 1.165) is 44.1 Å². The van der Waals surface area contributed by atoms with E-state index in [9.17, 15) is 5.26 Å². The number of nitriles is 2. The number of pyridine rings is 1. The average molecular weight is 303 g/mol. The molecule has 0 atom stereocenters. The van der Waals surface area contributed by atoms with E-state index in [1.807, 2.05) is 24.3 Å². The van der Waals surface area contributed by atoms with Gasteiger partial charge >= 0.3 is 0 Å². The summed E-state index contributed by atoms with van der Waals surface area (Å²) in [4.78, 5) is 8.88. The fourth-order valence-corrected chi connectivity index (χ4v) is 2.85. The van der Waals surface area contributed by atoms with E-state index in [4.69, 9.17) is 5.26 Å². The van der Waals surface area contributed by atoms with Crippen LogP contribution in [0.4, 0.5) is 5.82 Å². The monoisotopic (exact) mass is 303 g/mol. The zero-order valence-corrected chi connectivity index (χ0v) is 12.8. The molecule has 1 aromatic heterocycles. The molecule has 0 saturated carbocycles. The molecule has 0 radical (unpaired) electrons. The van der Waals surface area contributed by atoms with Crippen molar-refractivity contribution in [1.29, 1.82) is 10.5 Å². The first-order chi connectivity index (χ1) is 11.3. The number of piperazine rings is 1. The van der Waals surface area contributed by atoms with E-state index < -0.39 is 0 Å². The molecule has 0 bridgehead atoms. The van der Waals surface area contributed by atoms with Crippen LogP contribution < -0.4 is 4.90 Å². The van der Waals surface area contributed by atoms with Gasteiger partial charge in [-0.2, -0.15) is 10.5 Å². The van der Waals surface area contributed by atoms with Crippen molar-refractivity contribution in [3.8, 4) is 12.1 Å². The predicted octanol–water partition coefficient (Wildman–Crippen LogP) is 2.15. The van der Waals surface area contributed by atoms with Crippen molar-refractivity contribution in [3.63, 3.8) is 0 Å². The first kappa shape index (κ1) is 15.0. The second kappa shape index (κ2) is 6.91. The normalized spacial score (nSPS) is 15.0. The highest BCUT2D eigenvalue weighted by Crippen LogP contribution is 2.19. The molecule has 0 unspecified atom stereocenters. The largest absolute Gasteiger partial charge is 0.353 e. The Hall–Kier alpha value is -2.89. The number of rotatable bonds is 3. The van der Waals surface area contributed by atoms with Gasteiger partial charge < -0.3 is 4.90 Å². The zero-order valence-electron chi connectivity index (χ0n) is 12.8. The zero-order chi connectivity index (χ0) is 16.1. The Morgan fingerprint density at radius 3 is 2.57 bits per heavy atom. The van der Waals surface area contributed by atoms with Crippen molar-refractivity contribution >= 4 is 5.82 Å². The predicted molar refractivity (Wildman–Crippen MR) is 87.6 cm³/mol. The van der Waals surface area contributed by atoms with E-state index in [0.29, 0.717) is 11.1 Å². The van der Waals surface area contributed by atoms with Gasteiger partial charge in [-0.3, -0.25) is 4.90 Å². The highest BCUT2D eigenvalue weighted by molar-refractivity contribution is 5.53. The van der Waals surface area contributed by atoms with Gasteiger partial charge in [-0.25, -0.2) is 4.98 Å². The fourth-order valence-electron chi connectivity index (χ4n) is 2.85. The molecule has 0 spiro atoms. The Bertz CT molecular complexity index is 763. The third-order valence-corrected chi connectivity index (χ3v) is 4.04. The molecule has 3 rings (SSSR count). The molecule has 114 valence electrons. The molecule has 5 heteroatoms. The van der Waals surface area contributed by atoms with Crippen LogP contribution in [0.3, 0.4) is 0 Å². The molecular formula is C18H17N5. The van der Waals surface area contributed by atoms with Crippen LogP contribution in [-0.4, -0.2) is 36.1 Å². The van der Waals surface area contributed by atoms with Crippen molar-refractivity contribution in [3.05, 3.63) is 59.3 Å². The molecule has 1 fully saturated rings. The molecule has 1 aliphatic heterocycles. The van der Waals surface area contributed by atoms with Crippen LogP contribution in [0.2, 0.25) is 0 Å². The summed E-state index contributed by atoms with van der Waals surface area (Å²) >= 11 is 0. The van der Waals surface area contributed by atoms with Gasteiger partial charge in [0.15, 0.2) is 0 Å². The van der Waals surface area contributed by atoms with Crippen molar-refractivity contribution in [2.45, 2.75) is 6.54 Å². The molecular weight excluding hydrogens is 286 g/mol. The van der Waals surface area contributed by atoms with Crippen LogP contribution in [-0.2, 0) is 6.54 Å². The van der Waals surface area contributed by atoms with Gasteiger partial charge in [-0.1, -0.05) is 12.1 Å². The van der Waals surface area contributed by atoms with Gasteiger partial charge in [0, 0.05) is 38.9 Å². The second-order valence-corrected chi connectivity index (χ2v) is 5.56. The molecule has 23 heavy (non-hydrogen) atoms. The van der Waals surface area contributed by atoms with Gasteiger partial charge in [0.05, 0.1) is 17.2 Å². The molecule has 5 nitrogen and oxygen atoms in total. The third kappa shape index (κ3) is 3.48. The minimum Gasteiger partial charge on any atom is -0.353 e. The molecule has 2 heterocycles. The summed E-state index contributed by atoms with van der Waals surface area (Å²) in [6.07, 6.45) is 1.73. The lowest BCUT2D eigenvalue weighted by atomic mass is 10.1. The van der Waals surface area contributed by atoms with E-state index in [1.165, 1.54) is 0 Å². The SMILES string of the molecule is N#Cc1cccc(CN2CCN(c3ncccc3C#N)CC2)c1. The van der Waals surface area contributed by atoms with Crippen LogP contribution in [0.15, 0.2) is 42.6 Å². The number of hydrogen-bond acceptors (Lipinski definition) is 5. The third-order valence-electron chi connectivity index (χ3n) is 4.04. The van der Waals surface area contributed by atoms with Crippen LogP contribution in [0, 0.1) is 22.7 Å². The Morgan fingerprint density at radius 2 is 1.83 bits per heavy atom. The first-order valence-corrected chi connectivity index (χ1v) is 7.61. The maximum Gasteiger partial charge on any atom is 0.146 e. The van der Waals surface area contributed by atoms with Crippen LogP contribution in [0.25, 0.3) is 0 Å². The average Bonchev–Trinajstić information content (AvgIpc) is 2.62. The summed E-state index contributed by atoms with van der Waals surface area (Å²) in [5, 5.41) is 18.2. The summed E-state index contributed by atoms with van der Waals surface area (Å²) in [5.74, 6) is 0.779. The molecule has 0 N–H and O–H groups in total. The molecule has 2 aromatic rings. The van der Waals surface area contributed by atoms with Crippen molar-refractivity contribution < 1.29 is 0 Å². The Balaban J connectivity index is 1.62. The maximum atomic E-state index is 9.19. The highest BCUT2D eigenvalue weighted by atomic mass is 15.3. The lowest BCUT2D eigenvalue weighted by Gasteiger charge is -2.35. The lowest BCUT2D eigenvalue weighted by molar-refractivity contribution is 0.249. The Kier molecular flexibility index (Phi) is 4.52. The molecule has 1 aromatic carbocycles. The lowest BCUT2D eigenvalue weighted by Crippen LogP contribution is -2.46. The van der Waals surface area contributed by atoms with Crippen molar-refractivity contribution in [1.82, 2.24) is 9.88 Å². The maximum absolute atomic E-state index is 9.19. The number of benzene rings is 1. The summed E-state index contributed by atoms with van der Waals surface area (Å²) in [7, 11) is 0. The van der Waals surface area contributed by atoms with Crippen molar-refractivity contribution in [2.24, 2.45) is 0 Å². The molecule has 1 saturated heterocycles. The number of anilines is 1. The topological polar surface area (TPSA) is 67.0 Å². The minimum absolute atomic E-state index is 0.627. The fraction of sp³-hybridized carbons (Fsp3) is 0.278. The van der Waals surface area contributed by atoms with Crippen molar-refractivity contribution in [2.75, 3.05) is 31.1 Å². The number of nitrogens with zero attached hydrogens (tertiary/aromatic N) is 5. The summed E-state index contributed by atoms with van der Waals surface area (Å²) in [6.45, 7) is 4.38. The molecule has 1 aliphatic rings. The number of aromatic nitrogens is 1. The quantitative estimate of drug-likeness (QED) is 0.869. The van der Waals surface area contributed by atoms with Gasteiger partial charge in [0.2, 0.25) is 0 Å². The summed E-state index contributed by atoms with van der Waals surface area (Å²) in [6, 6.07) is 15.7. The first-order valence-electron chi connectivity index (χ1n) is 7.61. The second-order valence-electron chi connectivity index (χ2n) is 5.56. The van der Waals surface area contributed by atoms with Gasteiger partial charge in [-0.05, 0) is 29.8 Å². The summed E-state index contributed by atoms with van der Waals surface area (Å²) < 4.78 is 0. The van der Waals surface area contributed by atoms with Gasteiger partial charge in [-0.15, -0.1) is 0 Å². The van der Waals surface area contributed by atoms with Crippen LogP contribution >= 0.6 is 0 Å². The van der Waals surface area contributed by atoms with Gasteiger partial charge in [0.1, 0.15) is 11.9 Å². The number of hydrogen-bond donors (Lipinski definition) is 0. The highest BCUT2D eigenvalue weighted by Gasteiger charge is 2.20. The van der Waals surface area contributed by atoms with E-state index in [1.54, 1.807) is 12.3 Å². The standard InChI is InChI=1S/C18H17N5/c19-12-15-3-1-4-16(11-15)14-22-7-9-23(10-8-22)18-17(13-20)5-2-6-21-18/h1-6,11H,7-10,14H2.